The quantitative estimate of drug-likeness (QED) is 0.259. The van der Waals surface area contributed by atoms with Crippen LogP contribution >= 0.6 is 11.9 Å². The zero-order valence-corrected chi connectivity index (χ0v) is 20.1. The lowest BCUT2D eigenvalue weighted by molar-refractivity contribution is -0.0968. The lowest BCUT2D eigenvalue weighted by Crippen LogP contribution is -2.46. The van der Waals surface area contributed by atoms with E-state index in [1.165, 1.54) is 0 Å². The lowest BCUT2D eigenvalue weighted by Gasteiger charge is -2.37. The molecule has 5 nitrogen and oxygen atoms in total. The van der Waals surface area contributed by atoms with Crippen molar-refractivity contribution in [1.82, 2.24) is 20.3 Å². The fourth-order valence-corrected chi connectivity index (χ4v) is 5.65. The van der Waals surface area contributed by atoms with Gasteiger partial charge < -0.3 is 15.5 Å². The minimum Gasteiger partial charge on any atom is -0.379 e. The van der Waals surface area contributed by atoms with Crippen LogP contribution in [0.15, 0.2) is 42.5 Å². The van der Waals surface area contributed by atoms with Crippen molar-refractivity contribution in [2.24, 2.45) is 0 Å². The zero-order valence-electron chi connectivity index (χ0n) is 19.3. The van der Waals surface area contributed by atoms with Gasteiger partial charge in [0.15, 0.2) is 0 Å². The van der Waals surface area contributed by atoms with E-state index < -0.39 is 24.0 Å². The summed E-state index contributed by atoms with van der Waals surface area (Å²) in [6.07, 6.45) is 0.505. The van der Waals surface area contributed by atoms with E-state index in [4.69, 9.17) is 0 Å². The van der Waals surface area contributed by atoms with Gasteiger partial charge in [-0.25, -0.2) is 4.39 Å². The smallest absolute Gasteiger partial charge is 0.379 e. The van der Waals surface area contributed by atoms with Crippen molar-refractivity contribution in [2.75, 3.05) is 38.5 Å². The number of anilines is 1. The van der Waals surface area contributed by atoms with Crippen LogP contribution in [0.5, 0.6) is 0 Å². The predicted octanol–water partition coefficient (Wildman–Crippen LogP) is 3.93. The number of hydrogen-bond acceptors (Lipinski definition) is 6. The second kappa shape index (κ2) is 11.0. The Bertz CT molecular complexity index is 887. The van der Waals surface area contributed by atoms with Gasteiger partial charge in [0.25, 0.3) is 0 Å². The molecule has 2 fully saturated rings. The number of benzene rings is 1. The summed E-state index contributed by atoms with van der Waals surface area (Å²) in [4.78, 5) is 1.95. The van der Waals surface area contributed by atoms with Crippen LogP contribution in [-0.2, 0) is 6.42 Å². The molecule has 1 aromatic rings. The maximum absolute atomic E-state index is 14.7. The van der Waals surface area contributed by atoms with Crippen molar-refractivity contribution in [1.29, 1.82) is 0 Å². The summed E-state index contributed by atoms with van der Waals surface area (Å²) in [6.45, 7) is 6.09. The number of halogens is 4. The first-order chi connectivity index (χ1) is 16.2. The summed E-state index contributed by atoms with van der Waals surface area (Å²) < 4.78 is 58.8. The molecule has 34 heavy (non-hydrogen) atoms. The van der Waals surface area contributed by atoms with Gasteiger partial charge >= 0.3 is 6.18 Å². The summed E-state index contributed by atoms with van der Waals surface area (Å²) in [5.74, 6) is 0. The molecule has 0 aliphatic carbocycles. The molecule has 3 aliphatic rings. The Morgan fingerprint density at radius 2 is 2.15 bits per heavy atom. The first kappa shape index (κ1) is 25.5. The highest BCUT2D eigenvalue weighted by Crippen LogP contribution is 2.40. The molecule has 2 saturated heterocycles. The van der Waals surface area contributed by atoms with Crippen LogP contribution in [0, 0.1) is 0 Å². The molecule has 0 spiro atoms. The molecule has 3 aliphatic heterocycles. The molecule has 3 heterocycles. The third kappa shape index (κ3) is 6.15. The maximum atomic E-state index is 14.7. The molecule has 0 aromatic heterocycles. The Hall–Kier alpha value is -1.59. The van der Waals surface area contributed by atoms with Crippen molar-refractivity contribution in [2.45, 2.75) is 55.1 Å². The Balaban J connectivity index is 1.54. The van der Waals surface area contributed by atoms with Gasteiger partial charge in [-0.15, -0.1) is 0 Å². The van der Waals surface area contributed by atoms with Gasteiger partial charge in [0.2, 0.25) is 0 Å². The molecule has 4 rings (SSSR count). The van der Waals surface area contributed by atoms with Gasteiger partial charge in [-0.2, -0.15) is 13.2 Å². The third-order valence-electron chi connectivity index (χ3n) is 6.69. The molecular weight excluding hydrogens is 466 g/mol. The summed E-state index contributed by atoms with van der Waals surface area (Å²) in [7, 11) is 1.89. The average molecular weight is 500 g/mol. The van der Waals surface area contributed by atoms with Gasteiger partial charge in [0.05, 0.1) is 17.5 Å². The molecule has 5 atom stereocenters. The van der Waals surface area contributed by atoms with Gasteiger partial charge in [-0.05, 0) is 43.5 Å². The van der Waals surface area contributed by atoms with E-state index in [0.717, 1.165) is 25.1 Å². The Morgan fingerprint density at radius 1 is 1.32 bits per heavy atom. The Morgan fingerprint density at radius 3 is 2.85 bits per heavy atom. The number of piperidine rings is 1. The molecule has 0 amide bonds. The fraction of sp³-hybridized carbons (Fsp3) is 0.583. The lowest BCUT2D eigenvalue weighted by atomic mass is 9.85. The third-order valence-corrected chi connectivity index (χ3v) is 7.75. The van der Waals surface area contributed by atoms with E-state index in [2.05, 4.69) is 27.3 Å². The van der Waals surface area contributed by atoms with Crippen LogP contribution in [0.4, 0.5) is 23.2 Å². The van der Waals surface area contributed by atoms with Gasteiger partial charge in [-0.3, -0.25) is 10.0 Å². The van der Waals surface area contributed by atoms with Crippen molar-refractivity contribution >= 4 is 17.6 Å². The Labute approximate surface area is 202 Å². The minimum atomic E-state index is -4.52. The maximum Gasteiger partial charge on any atom is 0.413 e. The number of likely N-dealkylation sites (tertiary alicyclic amines) is 1. The molecule has 0 radical (unpaired) electrons. The first-order valence-electron chi connectivity index (χ1n) is 11.7. The van der Waals surface area contributed by atoms with E-state index in [9.17, 15) is 17.6 Å². The highest BCUT2D eigenvalue weighted by atomic mass is 32.2. The predicted molar refractivity (Wildman–Crippen MR) is 131 cm³/mol. The number of alkyl halides is 4. The van der Waals surface area contributed by atoms with Crippen LogP contribution in [0.3, 0.4) is 0 Å². The van der Waals surface area contributed by atoms with Gasteiger partial charge in [-0.1, -0.05) is 42.8 Å². The number of nitrogens with one attached hydrogen (secondary N) is 4. The number of rotatable bonds is 7. The van der Waals surface area contributed by atoms with E-state index in [1.807, 2.05) is 30.2 Å². The van der Waals surface area contributed by atoms with Crippen molar-refractivity contribution < 1.29 is 17.6 Å². The van der Waals surface area contributed by atoms with E-state index in [-0.39, 0.29) is 12.1 Å². The van der Waals surface area contributed by atoms with Crippen molar-refractivity contribution in [3.8, 4) is 0 Å². The van der Waals surface area contributed by atoms with Crippen LogP contribution in [0.2, 0.25) is 0 Å². The second-order valence-corrected chi connectivity index (χ2v) is 10.3. The highest BCUT2D eigenvalue weighted by Gasteiger charge is 2.41. The molecule has 10 heteroatoms. The molecule has 4 N–H and O–H groups in total. The van der Waals surface area contributed by atoms with Crippen LogP contribution in [0.1, 0.15) is 30.0 Å². The first-order valence-corrected chi connectivity index (χ1v) is 12.6. The van der Waals surface area contributed by atoms with Crippen LogP contribution in [0.25, 0.3) is 0 Å². The Kier molecular flexibility index (Phi) is 8.24. The van der Waals surface area contributed by atoms with Crippen LogP contribution < -0.4 is 20.7 Å². The highest BCUT2D eigenvalue weighted by molar-refractivity contribution is 7.98. The van der Waals surface area contributed by atoms with E-state index in [0.29, 0.717) is 42.6 Å². The molecule has 0 bridgehead atoms. The zero-order chi connectivity index (χ0) is 24.3. The van der Waals surface area contributed by atoms with Gasteiger partial charge in [0, 0.05) is 43.5 Å². The SMILES string of the molecule is C=C(C1NC(/C=C/CNC2CCNS2)Cc2c(N[C@@H]3CCN(C)C[C@@H]3F)cccc21)C(F)(F)F. The van der Waals surface area contributed by atoms with Crippen molar-refractivity contribution in [3.05, 3.63) is 53.6 Å². The van der Waals surface area contributed by atoms with E-state index >= 15 is 0 Å². The molecule has 1 aromatic carbocycles. The van der Waals surface area contributed by atoms with Crippen molar-refractivity contribution in [3.63, 3.8) is 0 Å². The summed E-state index contributed by atoms with van der Waals surface area (Å²) >= 11 is 1.66. The average Bonchev–Trinajstić information content (AvgIpc) is 3.31. The largest absolute Gasteiger partial charge is 0.413 e. The summed E-state index contributed by atoms with van der Waals surface area (Å²) in [5.41, 5.74) is 1.23. The topological polar surface area (TPSA) is 51.4 Å². The number of hydrogen-bond donors (Lipinski definition) is 4. The molecule has 188 valence electrons. The normalized spacial score (nSPS) is 30.4. The standard InChI is InChI=1S/C24H33F4N5S/c1-15(24(26,27)28)23-17-6-3-7-20(32-21-9-12-33(2)14-19(21)25)18(17)13-16(31-23)5-4-10-29-22-8-11-30-34-22/h3-7,16,19,21-23,29-32H,1,8-14H2,2H3/b5-4+/t16?,19-,21+,22?,23?/m0/s1. The van der Waals surface area contributed by atoms with Gasteiger partial charge in [0.1, 0.15) is 6.17 Å². The molecule has 3 unspecified atom stereocenters. The van der Waals surface area contributed by atoms with E-state index in [1.54, 1.807) is 24.1 Å². The summed E-state index contributed by atoms with van der Waals surface area (Å²) in [5, 5.41) is 10.2. The second-order valence-electron chi connectivity index (χ2n) is 9.25. The number of nitrogens with zero attached hydrogens (tertiary/aromatic N) is 1. The molecular formula is C24H33F4N5S. The fourth-order valence-electron chi connectivity index (χ4n) is 4.80. The monoisotopic (exact) mass is 499 g/mol. The minimum absolute atomic E-state index is 0.297. The summed E-state index contributed by atoms with van der Waals surface area (Å²) in [6, 6.07) is 3.57. The molecule has 0 saturated carbocycles. The number of fused-ring (bicyclic) bond motifs is 1. The van der Waals surface area contributed by atoms with Crippen LogP contribution in [-0.4, -0.2) is 67.9 Å².